The van der Waals surface area contributed by atoms with E-state index in [1.165, 1.54) is 6.07 Å². The zero-order chi connectivity index (χ0) is 49.9. The molecule has 2 saturated heterocycles. The van der Waals surface area contributed by atoms with Crippen molar-refractivity contribution in [1.82, 2.24) is 40.2 Å². The maximum Gasteiger partial charge on any atom is 0.251 e. The van der Waals surface area contributed by atoms with Gasteiger partial charge in [-0.3, -0.25) is 9.59 Å². The molecular weight excluding hydrogens is 902 g/mol. The number of aryl methyl sites for hydroxylation is 4. The molecule has 2 fully saturated rings. The lowest BCUT2D eigenvalue weighted by Gasteiger charge is -2.26. The fraction of sp³-hybridized carbons (Fsp3) is 0.407. The Kier molecular flexibility index (Phi) is 17.0. The Hall–Kier alpha value is -6.79. The van der Waals surface area contributed by atoms with Crippen LogP contribution < -0.4 is 27.0 Å². The van der Waals surface area contributed by atoms with Crippen LogP contribution in [0.1, 0.15) is 108 Å². The van der Waals surface area contributed by atoms with Gasteiger partial charge in [0.05, 0.1) is 41.1 Å². The number of pyridine rings is 2. The molecule has 7 N–H and O–H groups in total. The summed E-state index contributed by atoms with van der Waals surface area (Å²) in [7, 11) is 0. The average Bonchev–Trinajstić information content (AvgIpc) is 4.04. The third kappa shape index (κ3) is 11.7. The van der Waals surface area contributed by atoms with Gasteiger partial charge in [-0.05, 0) is 105 Å². The summed E-state index contributed by atoms with van der Waals surface area (Å²) in [6.45, 7) is 13.6. The van der Waals surface area contributed by atoms with E-state index in [9.17, 15) is 19.1 Å². The molecule has 2 aliphatic rings. The summed E-state index contributed by atoms with van der Waals surface area (Å²) >= 11 is 0. The van der Waals surface area contributed by atoms with Gasteiger partial charge in [-0.2, -0.15) is 10.2 Å². The topological polar surface area (TPSA) is 208 Å². The van der Waals surface area contributed by atoms with Crippen LogP contribution >= 0.6 is 0 Å². The number of carbonyl (C=O) groups is 2. The third-order valence-electron chi connectivity index (χ3n) is 13.3. The van der Waals surface area contributed by atoms with Gasteiger partial charge in [0.2, 0.25) is 0 Å². The van der Waals surface area contributed by atoms with Crippen LogP contribution in [-0.2, 0) is 61.6 Å². The van der Waals surface area contributed by atoms with Crippen LogP contribution in [-0.4, -0.2) is 85.0 Å². The first-order valence-electron chi connectivity index (χ1n) is 24.9. The van der Waals surface area contributed by atoms with Gasteiger partial charge in [-0.25, -0.2) is 23.7 Å². The van der Waals surface area contributed by atoms with Crippen molar-refractivity contribution in [3.05, 3.63) is 130 Å². The number of nitrogens with two attached hydrogens (primary N) is 1. The number of hydrogen-bond donors (Lipinski definition) is 6. The zero-order valence-corrected chi connectivity index (χ0v) is 41.2. The second-order valence-corrected chi connectivity index (χ2v) is 17.8. The molecule has 0 radical (unpaired) electrons. The lowest BCUT2D eigenvalue weighted by atomic mass is 10.0. The smallest absolute Gasteiger partial charge is 0.251 e. The number of hydrogen-bond acceptors (Lipinski definition) is 12. The number of ether oxygens (including phenoxy) is 2. The Morgan fingerprint density at radius 3 is 1.76 bits per heavy atom. The van der Waals surface area contributed by atoms with E-state index in [2.05, 4.69) is 45.3 Å². The molecule has 0 bridgehead atoms. The molecule has 7 aromatic rings. The Bertz CT molecular complexity index is 2960. The summed E-state index contributed by atoms with van der Waals surface area (Å²) in [4.78, 5) is 36.4. The second-order valence-electron chi connectivity index (χ2n) is 17.8. The molecule has 0 atom stereocenters. The highest BCUT2D eigenvalue weighted by Crippen LogP contribution is 2.33. The van der Waals surface area contributed by atoms with Gasteiger partial charge in [0.1, 0.15) is 5.82 Å². The maximum atomic E-state index is 14.7. The van der Waals surface area contributed by atoms with Gasteiger partial charge in [-0.15, -0.1) is 0 Å². The summed E-state index contributed by atoms with van der Waals surface area (Å²) < 4.78 is 29.6. The number of nitrogens with zero attached hydrogens (tertiary/aromatic N) is 6. The Balaban J connectivity index is 0.000000255. The van der Waals surface area contributed by atoms with E-state index in [4.69, 9.17) is 25.2 Å². The first-order valence-corrected chi connectivity index (χ1v) is 24.9. The van der Waals surface area contributed by atoms with Crippen molar-refractivity contribution >= 4 is 45.3 Å². The van der Waals surface area contributed by atoms with Gasteiger partial charge >= 0.3 is 0 Å². The van der Waals surface area contributed by atoms with Crippen molar-refractivity contribution in [3.8, 4) is 11.1 Å². The number of aliphatic hydroxyl groups excluding tert-OH is 1. The Morgan fingerprint density at radius 2 is 1.23 bits per heavy atom. The van der Waals surface area contributed by atoms with Crippen LogP contribution in [0.5, 0.6) is 0 Å². The fourth-order valence-corrected chi connectivity index (χ4v) is 9.33. The van der Waals surface area contributed by atoms with E-state index < -0.39 is 5.82 Å². The summed E-state index contributed by atoms with van der Waals surface area (Å²) in [5.41, 5.74) is 16.9. The minimum absolute atomic E-state index is 0.143. The number of halogens is 1. The molecule has 9 rings (SSSR count). The number of amides is 2. The summed E-state index contributed by atoms with van der Waals surface area (Å²) in [5.74, 6) is -1.07. The predicted octanol–water partition coefficient (Wildman–Crippen LogP) is 7.83. The molecule has 71 heavy (non-hydrogen) atoms. The largest absolute Gasteiger partial charge is 0.392 e. The first kappa shape index (κ1) is 50.6. The molecule has 4 aromatic heterocycles. The minimum atomic E-state index is -0.395. The molecule has 0 saturated carbocycles. The van der Waals surface area contributed by atoms with Crippen molar-refractivity contribution in [2.75, 3.05) is 37.1 Å². The number of aliphatic hydroxyl groups is 1. The van der Waals surface area contributed by atoms with Gasteiger partial charge in [0, 0.05) is 110 Å². The van der Waals surface area contributed by atoms with Crippen molar-refractivity contribution in [1.29, 1.82) is 0 Å². The number of nitrogens with one attached hydrogen (secondary N) is 4. The maximum absolute atomic E-state index is 14.7. The Labute approximate surface area is 413 Å². The average molecular weight is 968 g/mol. The van der Waals surface area contributed by atoms with Crippen LogP contribution in [0.15, 0.2) is 79.1 Å². The Morgan fingerprint density at radius 1 is 0.690 bits per heavy atom. The summed E-state index contributed by atoms with van der Waals surface area (Å²) in [6, 6.07) is 18.9. The van der Waals surface area contributed by atoms with Gasteiger partial charge in [0.15, 0.2) is 11.3 Å². The van der Waals surface area contributed by atoms with Crippen LogP contribution in [0.2, 0.25) is 0 Å². The molecule has 2 amide bonds. The van der Waals surface area contributed by atoms with E-state index >= 15 is 0 Å². The first-order chi connectivity index (χ1) is 34.7. The van der Waals surface area contributed by atoms with E-state index in [-0.39, 0.29) is 37.6 Å². The second kappa shape index (κ2) is 23.9. The van der Waals surface area contributed by atoms with Crippen molar-refractivity contribution in [3.63, 3.8) is 0 Å². The number of rotatable bonds is 17. The monoisotopic (exact) mass is 968 g/mol. The quantitative estimate of drug-likeness (QED) is 0.0516. The van der Waals surface area contributed by atoms with E-state index in [0.717, 1.165) is 108 Å². The number of aromatic nitrogens is 6. The summed E-state index contributed by atoms with van der Waals surface area (Å²) in [6.07, 6.45) is 9.12. The van der Waals surface area contributed by atoms with Gasteiger partial charge < -0.3 is 41.6 Å². The molecule has 17 heteroatoms. The predicted molar refractivity (Wildman–Crippen MR) is 275 cm³/mol. The highest BCUT2D eigenvalue weighted by molar-refractivity contribution is 6.00. The molecule has 374 valence electrons. The van der Waals surface area contributed by atoms with E-state index in [1.54, 1.807) is 60.7 Å². The molecule has 0 spiro atoms. The number of carbonyl (C=O) groups excluding carboxylic acids is 2. The standard InChI is InChI=1S/C38H41FN6O4.C16H25N5O/c1-3-34-31(35(43-29-13-15-49-16-14-29)32-22-42-45(4-2)36(32)44-34)21-41-38(48)28-10-6-9-27(19-28)37(47)40-20-24-11-12-33(39)30(18-24)26-8-5-7-25(17-26)23-46;1-3-14-12(9-17)15(19-11-5-7-22-8-6-11)13-10-18-21(4-2)16(13)20-14/h5-12,17-19,22,29,46H,3-4,13-16,20-21,23H2,1-2H3,(H,40,47)(H,41,48)(H,43,44);10-11H,3-9,17H2,1-2H3,(H,19,20). The van der Waals surface area contributed by atoms with Crippen LogP contribution in [0.4, 0.5) is 15.8 Å². The van der Waals surface area contributed by atoms with E-state index in [1.807, 2.05) is 35.6 Å². The highest BCUT2D eigenvalue weighted by atomic mass is 19.1. The van der Waals surface area contributed by atoms with Crippen molar-refractivity contribution < 1.29 is 28.6 Å². The highest BCUT2D eigenvalue weighted by Gasteiger charge is 2.24. The van der Waals surface area contributed by atoms with Gasteiger partial charge in [-0.1, -0.05) is 44.2 Å². The molecule has 0 unspecified atom stereocenters. The normalized spacial score (nSPS) is 14.3. The lowest BCUT2D eigenvalue weighted by molar-refractivity contribution is 0.0903. The van der Waals surface area contributed by atoms with Crippen molar-refractivity contribution in [2.24, 2.45) is 5.73 Å². The lowest BCUT2D eigenvalue weighted by Crippen LogP contribution is -2.30. The fourth-order valence-electron chi connectivity index (χ4n) is 9.33. The van der Waals surface area contributed by atoms with Crippen LogP contribution in [0, 0.1) is 5.82 Å². The minimum Gasteiger partial charge on any atom is -0.392 e. The van der Waals surface area contributed by atoms with Crippen molar-refractivity contribution in [2.45, 2.75) is 118 Å². The zero-order valence-electron chi connectivity index (χ0n) is 41.2. The number of anilines is 2. The van der Waals surface area contributed by atoms with Gasteiger partial charge in [0.25, 0.3) is 11.8 Å². The molecule has 2 aliphatic heterocycles. The number of benzene rings is 3. The molecular formula is C54H66FN11O5. The summed E-state index contributed by atoms with van der Waals surface area (Å²) in [5, 5.41) is 33.9. The molecule has 3 aromatic carbocycles. The molecule has 16 nitrogen and oxygen atoms in total. The molecule has 6 heterocycles. The molecule has 0 aliphatic carbocycles. The number of fused-ring (bicyclic) bond motifs is 2. The van der Waals surface area contributed by atoms with Crippen LogP contribution in [0.3, 0.4) is 0 Å². The van der Waals surface area contributed by atoms with Crippen LogP contribution in [0.25, 0.3) is 33.2 Å². The van der Waals surface area contributed by atoms with E-state index in [0.29, 0.717) is 72.1 Å². The SMILES string of the molecule is CCc1nc2c(cnn2CC)c(NC2CCOCC2)c1CN.CCc1nc2c(cnn2CC)c(NC2CCOCC2)c1CNC(=O)c1cccc(C(=O)NCc2ccc(F)c(-c3cccc(CO)c3)c2)c1. The third-order valence-corrected chi connectivity index (χ3v) is 13.3.